The Hall–Kier alpha value is -0.960. The predicted octanol–water partition coefficient (Wildman–Crippen LogP) is 0.629. The Labute approximate surface area is 114 Å². The summed E-state index contributed by atoms with van der Waals surface area (Å²) in [5.41, 5.74) is 0.319. The first kappa shape index (κ1) is 20.4. The topological polar surface area (TPSA) is 111 Å². The van der Waals surface area contributed by atoms with Crippen molar-refractivity contribution in [1.29, 1.82) is 0 Å². The maximum atomic E-state index is 11.4. The molecule has 0 aromatic rings. The first-order valence-corrected chi connectivity index (χ1v) is 7.21. The van der Waals surface area contributed by atoms with Crippen molar-refractivity contribution in [3.8, 4) is 0 Å². The summed E-state index contributed by atoms with van der Waals surface area (Å²) in [5, 5.41) is 0. The van der Waals surface area contributed by atoms with Crippen molar-refractivity contribution in [2.45, 2.75) is 26.5 Å². The van der Waals surface area contributed by atoms with Gasteiger partial charge in [0.25, 0.3) is 10.1 Å². The molecule has 114 valence electrons. The first-order chi connectivity index (χ1) is 7.96. The van der Waals surface area contributed by atoms with Gasteiger partial charge in [-0.25, -0.2) is 4.79 Å². The van der Waals surface area contributed by atoms with E-state index in [1.54, 1.807) is 13.8 Å². The van der Waals surface area contributed by atoms with Gasteiger partial charge in [0.15, 0.2) is 0 Å². The number of nitrogens with zero attached hydrogens (tertiary/aromatic N) is 1. The molecule has 0 aliphatic heterocycles. The maximum Gasteiger partial charge on any atom is 0.337 e. The van der Waals surface area contributed by atoms with Gasteiger partial charge in [-0.2, -0.15) is 8.42 Å². The van der Waals surface area contributed by atoms with Gasteiger partial charge < -0.3 is 10.2 Å². The smallest absolute Gasteiger partial charge is 0.337 e. The monoisotopic (exact) mass is 297 g/mol. The van der Waals surface area contributed by atoms with Crippen LogP contribution in [0.3, 0.4) is 0 Å². The standard InChI is InChI=1S/C11H21NO5S.H2O/c1-9(2)11(13)17-10(3)12(4,5)7-6-8-18(14,15)16;/h10H,1,6-8H2,2-5H3;1H2. The largest absolute Gasteiger partial charge is 0.870 e. The number of hydrogen-bond donors (Lipinski definition) is 1. The van der Waals surface area contributed by atoms with Crippen LogP contribution in [0, 0.1) is 0 Å². The molecular weight excluding hydrogens is 274 g/mol. The highest BCUT2D eigenvalue weighted by molar-refractivity contribution is 7.85. The van der Waals surface area contributed by atoms with Gasteiger partial charge in [0, 0.05) is 18.9 Å². The van der Waals surface area contributed by atoms with Crippen LogP contribution in [0.2, 0.25) is 0 Å². The van der Waals surface area contributed by atoms with Gasteiger partial charge in [-0.15, -0.1) is 0 Å². The van der Waals surface area contributed by atoms with Gasteiger partial charge in [-0.05, 0) is 6.92 Å². The Bertz CT molecular complexity index is 415. The van der Waals surface area contributed by atoms with Gasteiger partial charge in [0.05, 0.1) is 26.4 Å². The highest BCUT2D eigenvalue weighted by Gasteiger charge is 2.27. The van der Waals surface area contributed by atoms with Gasteiger partial charge >= 0.3 is 5.97 Å². The summed E-state index contributed by atoms with van der Waals surface area (Å²) in [4.78, 5) is 11.4. The number of carbonyl (C=O) groups is 1. The van der Waals surface area contributed by atoms with Gasteiger partial charge in [-0.3, -0.25) is 9.04 Å². The zero-order valence-electron chi connectivity index (χ0n) is 11.8. The molecule has 0 heterocycles. The van der Waals surface area contributed by atoms with E-state index in [1.165, 1.54) is 0 Å². The van der Waals surface area contributed by atoms with Crippen molar-refractivity contribution in [2.24, 2.45) is 0 Å². The second-order valence-electron chi connectivity index (χ2n) is 4.93. The summed E-state index contributed by atoms with van der Waals surface area (Å²) in [7, 11) is -0.301. The van der Waals surface area contributed by atoms with Crippen molar-refractivity contribution in [3.05, 3.63) is 12.2 Å². The third-order valence-corrected chi connectivity index (χ3v) is 3.55. The van der Waals surface area contributed by atoms with Gasteiger partial charge in [0.2, 0.25) is 6.23 Å². The van der Waals surface area contributed by atoms with Gasteiger partial charge in [0.1, 0.15) is 0 Å². The summed E-state index contributed by atoms with van der Waals surface area (Å²) < 4.78 is 35.3. The molecule has 19 heavy (non-hydrogen) atoms. The minimum atomic E-state index is -3.94. The Balaban J connectivity index is 0. The lowest BCUT2D eigenvalue weighted by molar-refractivity contribution is -0.932. The molecule has 0 amide bonds. The molecule has 0 saturated heterocycles. The van der Waals surface area contributed by atoms with Crippen molar-refractivity contribution in [3.63, 3.8) is 0 Å². The number of carbonyl (C=O) groups excluding carboxylic acids is 1. The molecule has 7 nitrogen and oxygen atoms in total. The Morgan fingerprint density at radius 2 is 1.89 bits per heavy atom. The molecule has 0 aromatic heterocycles. The predicted molar refractivity (Wildman–Crippen MR) is 70.3 cm³/mol. The second-order valence-corrected chi connectivity index (χ2v) is 6.50. The first-order valence-electron chi connectivity index (χ1n) is 5.60. The minimum Gasteiger partial charge on any atom is -0.870 e. The van der Waals surface area contributed by atoms with E-state index in [-0.39, 0.29) is 11.2 Å². The average molecular weight is 297 g/mol. The number of ether oxygens (including phenoxy) is 1. The molecule has 1 atom stereocenters. The normalized spacial score (nSPS) is 13.3. The summed E-state index contributed by atoms with van der Waals surface area (Å²) in [6, 6.07) is 0. The summed E-state index contributed by atoms with van der Waals surface area (Å²) in [6.07, 6.45) is -0.128. The molecule has 0 radical (unpaired) electrons. The van der Waals surface area contributed by atoms with E-state index in [2.05, 4.69) is 6.58 Å². The fourth-order valence-corrected chi connectivity index (χ4v) is 1.73. The molecule has 0 saturated carbocycles. The summed E-state index contributed by atoms with van der Waals surface area (Å²) in [6.45, 7) is 7.25. The van der Waals surface area contributed by atoms with E-state index in [0.29, 0.717) is 23.0 Å². The number of esters is 1. The van der Waals surface area contributed by atoms with Crippen LogP contribution in [-0.4, -0.2) is 61.5 Å². The van der Waals surface area contributed by atoms with E-state index in [0.717, 1.165) is 0 Å². The molecule has 0 aliphatic carbocycles. The molecule has 8 heteroatoms. The molecule has 0 rings (SSSR count). The van der Waals surface area contributed by atoms with Crippen molar-refractivity contribution in [1.82, 2.24) is 0 Å². The molecule has 1 unspecified atom stereocenters. The Kier molecular flexibility index (Phi) is 8.13. The van der Waals surface area contributed by atoms with E-state index in [4.69, 9.17) is 9.29 Å². The molecule has 0 aromatic carbocycles. The molecule has 0 fully saturated rings. The van der Waals surface area contributed by atoms with Crippen LogP contribution in [0.1, 0.15) is 20.3 Å². The third-order valence-electron chi connectivity index (χ3n) is 2.75. The molecule has 2 N–H and O–H groups in total. The number of hydrogen-bond acceptors (Lipinski definition) is 5. The quantitative estimate of drug-likeness (QED) is 0.242. The lowest BCUT2D eigenvalue weighted by Gasteiger charge is -2.34. The molecule has 0 bridgehead atoms. The van der Waals surface area contributed by atoms with Gasteiger partial charge in [-0.1, -0.05) is 6.58 Å². The number of quaternary nitrogens is 1. The lowest BCUT2D eigenvalue weighted by atomic mass is 10.3. The van der Waals surface area contributed by atoms with Crippen molar-refractivity contribution >= 4 is 16.1 Å². The van der Waals surface area contributed by atoms with Crippen LogP contribution >= 0.6 is 0 Å². The van der Waals surface area contributed by atoms with Crippen LogP contribution in [0.5, 0.6) is 0 Å². The van der Waals surface area contributed by atoms with Crippen molar-refractivity contribution < 1.29 is 32.5 Å². The SMILES string of the molecule is C=C(C)C(=O)OC(C)[N+](C)(C)CCCS(=O)(=O)O.[OH-]. The fraction of sp³-hybridized carbons (Fsp3) is 0.727. The average Bonchev–Trinajstić information content (AvgIpc) is 2.14. The zero-order valence-corrected chi connectivity index (χ0v) is 12.6. The van der Waals surface area contributed by atoms with E-state index < -0.39 is 22.3 Å². The highest BCUT2D eigenvalue weighted by Crippen LogP contribution is 2.11. The Morgan fingerprint density at radius 1 is 1.42 bits per heavy atom. The van der Waals surface area contributed by atoms with Crippen LogP contribution in [0.15, 0.2) is 12.2 Å². The maximum absolute atomic E-state index is 11.4. The van der Waals surface area contributed by atoms with Crippen LogP contribution in [-0.2, 0) is 19.6 Å². The lowest BCUT2D eigenvalue weighted by Crippen LogP contribution is -2.50. The molecule has 0 spiro atoms. The molecule has 0 aliphatic rings. The van der Waals surface area contributed by atoms with Crippen LogP contribution < -0.4 is 0 Å². The Morgan fingerprint density at radius 3 is 2.26 bits per heavy atom. The zero-order chi connectivity index (χ0) is 14.6. The fourth-order valence-electron chi connectivity index (χ4n) is 1.23. The van der Waals surface area contributed by atoms with Crippen LogP contribution in [0.4, 0.5) is 0 Å². The second kappa shape index (κ2) is 7.59. The summed E-state index contributed by atoms with van der Waals surface area (Å²) >= 11 is 0. The van der Waals surface area contributed by atoms with Crippen molar-refractivity contribution in [2.75, 3.05) is 26.4 Å². The van der Waals surface area contributed by atoms with E-state index in [1.807, 2.05) is 14.1 Å². The summed E-state index contributed by atoms with van der Waals surface area (Å²) in [5.74, 6) is -0.765. The van der Waals surface area contributed by atoms with Crippen LogP contribution in [0.25, 0.3) is 0 Å². The minimum absolute atomic E-state index is 0. The number of rotatable bonds is 7. The molecular formula is C11H23NO6S. The van der Waals surface area contributed by atoms with E-state index in [9.17, 15) is 13.2 Å². The third kappa shape index (κ3) is 8.71. The van der Waals surface area contributed by atoms with E-state index >= 15 is 0 Å². The highest BCUT2D eigenvalue weighted by atomic mass is 32.2.